The van der Waals surface area contributed by atoms with Crippen molar-refractivity contribution in [2.24, 2.45) is 0 Å². The number of nitrogens with zero attached hydrogens (tertiary/aromatic N) is 3. The predicted octanol–water partition coefficient (Wildman–Crippen LogP) is 1.91. The van der Waals surface area contributed by atoms with E-state index in [-0.39, 0.29) is 11.6 Å². The summed E-state index contributed by atoms with van der Waals surface area (Å²) in [5.74, 6) is -1.86. The molecule has 1 amide bonds. The van der Waals surface area contributed by atoms with E-state index < -0.39 is 48.5 Å². The first-order chi connectivity index (χ1) is 19.3. The Morgan fingerprint density at radius 3 is 2.50 bits per heavy atom. The number of amides is 1. The lowest BCUT2D eigenvalue weighted by molar-refractivity contribution is -0.276. The van der Waals surface area contributed by atoms with Crippen molar-refractivity contribution in [3.05, 3.63) is 88.7 Å². The molecule has 2 aliphatic heterocycles. The van der Waals surface area contributed by atoms with Gasteiger partial charge in [0.05, 0.1) is 12.3 Å². The van der Waals surface area contributed by atoms with Gasteiger partial charge in [-0.05, 0) is 30.3 Å². The number of aromatic nitrogens is 2. The fourth-order valence-electron chi connectivity index (χ4n) is 5.09. The Hall–Kier alpha value is -3.68. The number of carbonyl (C=O) groups is 1. The van der Waals surface area contributed by atoms with Gasteiger partial charge in [0.2, 0.25) is 0 Å². The van der Waals surface area contributed by atoms with Gasteiger partial charge in [-0.25, -0.2) is 9.18 Å². The molecule has 4 atom stereocenters. The SMILES string of the molecule is COC1(O[C@@H]2[C@H](O)[C@@H](CO)O[C@H]2n2ccc(NC(=O)c3ccccc3)nc2=O)CCN(c2ccccc2F)CC1. The molecule has 2 fully saturated rings. The van der Waals surface area contributed by atoms with Crippen molar-refractivity contribution in [2.45, 2.75) is 43.2 Å². The molecule has 11 nitrogen and oxygen atoms in total. The molecule has 0 aliphatic carbocycles. The molecule has 0 unspecified atom stereocenters. The second-order valence-corrected chi connectivity index (χ2v) is 9.70. The third-order valence-corrected chi connectivity index (χ3v) is 7.32. The van der Waals surface area contributed by atoms with Gasteiger partial charge in [-0.3, -0.25) is 9.36 Å². The van der Waals surface area contributed by atoms with Gasteiger partial charge in [-0.1, -0.05) is 30.3 Å². The van der Waals surface area contributed by atoms with E-state index in [2.05, 4.69) is 10.3 Å². The van der Waals surface area contributed by atoms with Crippen molar-refractivity contribution >= 4 is 17.4 Å². The molecule has 212 valence electrons. The van der Waals surface area contributed by atoms with Crippen LogP contribution in [-0.4, -0.2) is 76.6 Å². The molecule has 40 heavy (non-hydrogen) atoms. The molecule has 3 N–H and O–H groups in total. The van der Waals surface area contributed by atoms with Crippen LogP contribution < -0.4 is 15.9 Å². The smallest absolute Gasteiger partial charge is 0.351 e. The number of methoxy groups -OCH3 is 1. The monoisotopic (exact) mass is 554 g/mol. The van der Waals surface area contributed by atoms with E-state index in [1.165, 1.54) is 25.4 Å². The summed E-state index contributed by atoms with van der Waals surface area (Å²) in [6.07, 6.45) is -2.47. The maximum atomic E-state index is 14.3. The number of nitrogens with one attached hydrogen (secondary N) is 1. The Bertz CT molecular complexity index is 1380. The summed E-state index contributed by atoms with van der Waals surface area (Å²) in [5.41, 5.74) is 0.128. The topological polar surface area (TPSA) is 135 Å². The van der Waals surface area contributed by atoms with Crippen LogP contribution in [0.25, 0.3) is 0 Å². The molecule has 2 saturated heterocycles. The lowest BCUT2D eigenvalue weighted by atomic mass is 10.0. The fourth-order valence-corrected chi connectivity index (χ4v) is 5.09. The van der Waals surface area contributed by atoms with Gasteiger partial charge in [0.1, 0.15) is 29.9 Å². The van der Waals surface area contributed by atoms with Gasteiger partial charge in [-0.15, -0.1) is 0 Å². The number of para-hydroxylation sites is 1. The Morgan fingerprint density at radius 1 is 1.15 bits per heavy atom. The zero-order chi connectivity index (χ0) is 28.3. The first-order valence-corrected chi connectivity index (χ1v) is 13.0. The number of ether oxygens (including phenoxy) is 3. The zero-order valence-electron chi connectivity index (χ0n) is 21.9. The Labute approximate surface area is 229 Å². The summed E-state index contributed by atoms with van der Waals surface area (Å²) < 4.78 is 33.4. The molecule has 5 rings (SSSR count). The van der Waals surface area contributed by atoms with Crippen molar-refractivity contribution in [2.75, 3.05) is 37.0 Å². The van der Waals surface area contributed by atoms with E-state index in [1.54, 1.807) is 48.5 Å². The number of halogens is 1. The van der Waals surface area contributed by atoms with Crippen LogP contribution in [0.5, 0.6) is 0 Å². The van der Waals surface area contributed by atoms with Crippen molar-refractivity contribution in [3.63, 3.8) is 0 Å². The molecule has 0 saturated carbocycles. The molecule has 1 aromatic heterocycles. The number of hydrogen-bond donors (Lipinski definition) is 3. The molecular formula is C28H31FN4O7. The molecule has 0 bridgehead atoms. The second-order valence-electron chi connectivity index (χ2n) is 9.70. The predicted molar refractivity (Wildman–Crippen MR) is 142 cm³/mol. The number of aliphatic hydroxyl groups is 2. The second kappa shape index (κ2) is 11.8. The highest BCUT2D eigenvalue weighted by atomic mass is 19.1. The van der Waals surface area contributed by atoms with Crippen molar-refractivity contribution < 1.29 is 33.6 Å². The molecule has 2 aliphatic rings. The molecule has 2 aromatic carbocycles. The zero-order valence-corrected chi connectivity index (χ0v) is 21.9. The minimum Gasteiger partial charge on any atom is -0.394 e. The Balaban J connectivity index is 1.33. The van der Waals surface area contributed by atoms with Gasteiger partial charge in [0.15, 0.2) is 12.0 Å². The summed E-state index contributed by atoms with van der Waals surface area (Å²) in [5, 5.41) is 23.3. The largest absolute Gasteiger partial charge is 0.394 e. The summed E-state index contributed by atoms with van der Waals surface area (Å²) >= 11 is 0. The van der Waals surface area contributed by atoms with Crippen LogP contribution in [0.2, 0.25) is 0 Å². The van der Waals surface area contributed by atoms with E-state index in [1.807, 2.05) is 4.90 Å². The number of rotatable bonds is 8. The van der Waals surface area contributed by atoms with E-state index in [0.29, 0.717) is 37.2 Å². The first-order valence-electron chi connectivity index (χ1n) is 13.0. The molecule has 3 heterocycles. The number of carbonyl (C=O) groups excluding carboxylic acids is 1. The van der Waals surface area contributed by atoms with Crippen LogP contribution in [0.1, 0.15) is 29.4 Å². The van der Waals surface area contributed by atoms with E-state index >= 15 is 0 Å². The first kappa shape index (κ1) is 27.9. The van der Waals surface area contributed by atoms with Crippen LogP contribution in [0.4, 0.5) is 15.9 Å². The van der Waals surface area contributed by atoms with Crippen molar-refractivity contribution in [1.82, 2.24) is 9.55 Å². The molecular weight excluding hydrogens is 523 g/mol. The third-order valence-electron chi connectivity index (χ3n) is 7.32. The minimum atomic E-state index is -1.28. The van der Waals surface area contributed by atoms with E-state index in [4.69, 9.17) is 14.2 Å². The molecule has 12 heteroatoms. The molecule has 3 aromatic rings. The Morgan fingerprint density at radius 2 is 1.85 bits per heavy atom. The number of hydrogen-bond acceptors (Lipinski definition) is 9. The highest BCUT2D eigenvalue weighted by molar-refractivity contribution is 6.03. The van der Waals surface area contributed by atoms with Crippen LogP contribution in [-0.2, 0) is 14.2 Å². The highest BCUT2D eigenvalue weighted by Crippen LogP contribution is 2.38. The maximum Gasteiger partial charge on any atom is 0.351 e. The number of anilines is 2. The van der Waals surface area contributed by atoms with Crippen molar-refractivity contribution in [1.29, 1.82) is 0 Å². The number of benzene rings is 2. The number of piperidine rings is 1. The normalized spacial score (nSPS) is 24.1. The standard InChI is InChI=1S/C28H31FN4O7/c1-38-28(12-15-32(16-13-28)20-10-6-5-9-19(20)29)40-24-23(35)21(17-34)39-26(24)33-14-11-22(31-27(33)37)30-25(36)18-7-3-2-4-8-18/h2-11,14,21,23-24,26,34-35H,12-13,15-17H2,1H3,(H,30,31,36,37)/t21-,23-,24-,26-/m1/s1. The van der Waals surface area contributed by atoms with Gasteiger partial charge >= 0.3 is 5.69 Å². The Kier molecular flexibility index (Phi) is 8.24. The van der Waals surface area contributed by atoms with Crippen LogP contribution in [0, 0.1) is 5.82 Å². The fraction of sp³-hybridized carbons (Fsp3) is 0.393. The summed E-state index contributed by atoms with van der Waals surface area (Å²) in [7, 11) is 1.48. The molecule has 0 spiro atoms. The third kappa shape index (κ3) is 5.62. The number of aliphatic hydroxyl groups excluding tert-OH is 2. The lowest BCUT2D eigenvalue weighted by Crippen LogP contribution is -2.52. The van der Waals surface area contributed by atoms with Gasteiger partial charge < -0.3 is 34.6 Å². The summed E-state index contributed by atoms with van der Waals surface area (Å²) in [4.78, 5) is 31.3. The highest BCUT2D eigenvalue weighted by Gasteiger charge is 2.50. The average Bonchev–Trinajstić information content (AvgIpc) is 3.28. The average molecular weight is 555 g/mol. The lowest BCUT2D eigenvalue weighted by Gasteiger charge is -2.43. The molecule has 0 radical (unpaired) electrons. The quantitative estimate of drug-likeness (QED) is 0.357. The van der Waals surface area contributed by atoms with Gasteiger partial charge in [0.25, 0.3) is 5.91 Å². The van der Waals surface area contributed by atoms with Crippen LogP contribution in [0.3, 0.4) is 0 Å². The minimum absolute atomic E-state index is 0.0405. The van der Waals surface area contributed by atoms with Gasteiger partial charge in [0, 0.05) is 44.8 Å². The summed E-state index contributed by atoms with van der Waals surface area (Å²) in [6.45, 7) is 0.333. The summed E-state index contributed by atoms with van der Waals surface area (Å²) in [6, 6.07) is 16.4. The van der Waals surface area contributed by atoms with Gasteiger partial charge in [-0.2, -0.15) is 4.98 Å². The van der Waals surface area contributed by atoms with Crippen LogP contribution >= 0.6 is 0 Å². The maximum absolute atomic E-state index is 14.3. The van der Waals surface area contributed by atoms with Crippen molar-refractivity contribution in [3.8, 4) is 0 Å². The van der Waals surface area contributed by atoms with E-state index in [0.717, 1.165) is 4.57 Å². The van der Waals surface area contributed by atoms with E-state index in [9.17, 15) is 24.2 Å². The van der Waals surface area contributed by atoms with Crippen LogP contribution in [0.15, 0.2) is 71.7 Å².